The van der Waals surface area contributed by atoms with Crippen LogP contribution in [0, 0.1) is 12.3 Å². The average molecular weight is 365 g/mol. The topological polar surface area (TPSA) is 84.0 Å². The fraction of sp³-hybridized carbons (Fsp3) is 0.381. The van der Waals surface area contributed by atoms with Crippen LogP contribution in [0.4, 0.5) is 5.82 Å². The van der Waals surface area contributed by atoms with Crippen LogP contribution in [-0.4, -0.2) is 15.3 Å². The monoisotopic (exact) mass is 365 g/mol. The number of fused-ring (bicyclic) bond motifs is 1. The molecule has 27 heavy (non-hydrogen) atoms. The van der Waals surface area contributed by atoms with Gasteiger partial charge in [-0.3, -0.25) is 19.1 Å². The summed E-state index contributed by atoms with van der Waals surface area (Å²) in [4.78, 5) is 40.4. The summed E-state index contributed by atoms with van der Waals surface area (Å²) in [7, 11) is 1.62. The maximum atomic E-state index is 13.1. The van der Waals surface area contributed by atoms with E-state index in [0.29, 0.717) is 29.8 Å². The SMILES string of the molecule is Cc1ccc([C@@H]2C3=C(CC(C)(C)CC3=O)Nc3c2c(=O)[nH]c(=O)n3C)cc1. The van der Waals surface area contributed by atoms with Crippen LogP contribution in [0.1, 0.15) is 49.3 Å². The highest BCUT2D eigenvalue weighted by molar-refractivity contribution is 6.01. The minimum atomic E-state index is -0.476. The van der Waals surface area contributed by atoms with Crippen LogP contribution in [0.15, 0.2) is 45.1 Å². The van der Waals surface area contributed by atoms with Gasteiger partial charge in [-0.25, -0.2) is 4.79 Å². The van der Waals surface area contributed by atoms with Crippen molar-refractivity contribution in [3.05, 3.63) is 73.1 Å². The zero-order chi connectivity index (χ0) is 19.5. The first kappa shape index (κ1) is 17.5. The fourth-order valence-electron chi connectivity index (χ4n) is 4.22. The van der Waals surface area contributed by atoms with Crippen molar-refractivity contribution < 1.29 is 4.79 Å². The predicted octanol–water partition coefficient (Wildman–Crippen LogP) is 2.58. The van der Waals surface area contributed by atoms with Gasteiger partial charge in [0.1, 0.15) is 5.82 Å². The van der Waals surface area contributed by atoms with E-state index in [9.17, 15) is 14.4 Å². The number of nitrogens with one attached hydrogen (secondary N) is 2. The maximum absolute atomic E-state index is 13.1. The van der Waals surface area contributed by atoms with E-state index in [1.807, 2.05) is 31.2 Å². The molecule has 0 fully saturated rings. The number of benzene rings is 1. The predicted molar refractivity (Wildman–Crippen MR) is 104 cm³/mol. The normalized spacial score (nSPS) is 20.7. The molecule has 1 aliphatic heterocycles. The second-order valence-corrected chi connectivity index (χ2v) is 8.38. The molecule has 0 unspecified atom stereocenters. The van der Waals surface area contributed by atoms with Gasteiger partial charge in [0.15, 0.2) is 5.78 Å². The second kappa shape index (κ2) is 5.81. The number of H-pyrrole nitrogens is 1. The van der Waals surface area contributed by atoms with E-state index in [4.69, 9.17) is 0 Å². The number of Topliss-reactive ketones (excluding diaryl/α,β-unsaturated/α-hetero) is 1. The summed E-state index contributed by atoms with van der Waals surface area (Å²) in [6.07, 6.45) is 1.13. The van der Waals surface area contributed by atoms with Crippen LogP contribution in [-0.2, 0) is 11.8 Å². The lowest BCUT2D eigenvalue weighted by Gasteiger charge is -2.39. The van der Waals surface area contributed by atoms with E-state index in [0.717, 1.165) is 16.8 Å². The van der Waals surface area contributed by atoms with E-state index < -0.39 is 17.2 Å². The Hall–Kier alpha value is -2.89. The zero-order valence-corrected chi connectivity index (χ0v) is 16.0. The molecule has 4 rings (SSSR count). The van der Waals surface area contributed by atoms with Gasteiger partial charge in [-0.15, -0.1) is 0 Å². The van der Waals surface area contributed by atoms with E-state index >= 15 is 0 Å². The highest BCUT2D eigenvalue weighted by Gasteiger charge is 2.42. The molecule has 0 radical (unpaired) electrons. The highest BCUT2D eigenvalue weighted by atomic mass is 16.2. The number of anilines is 1. The summed E-state index contributed by atoms with van der Waals surface area (Å²) < 4.78 is 1.41. The lowest BCUT2D eigenvalue weighted by Crippen LogP contribution is -2.41. The number of nitrogens with zero attached hydrogens (tertiary/aromatic N) is 1. The molecule has 0 saturated heterocycles. The van der Waals surface area contributed by atoms with Crippen LogP contribution < -0.4 is 16.6 Å². The summed E-state index contributed by atoms with van der Waals surface area (Å²) in [5, 5.41) is 3.25. The molecule has 2 aromatic rings. The third-order valence-electron chi connectivity index (χ3n) is 5.54. The molecule has 0 saturated carbocycles. The van der Waals surface area contributed by atoms with E-state index in [2.05, 4.69) is 24.1 Å². The van der Waals surface area contributed by atoms with Gasteiger partial charge in [-0.05, 0) is 24.3 Å². The minimum Gasteiger partial charge on any atom is -0.344 e. The van der Waals surface area contributed by atoms with Gasteiger partial charge in [0.05, 0.1) is 5.56 Å². The van der Waals surface area contributed by atoms with Gasteiger partial charge in [0.2, 0.25) is 0 Å². The Labute approximate surface area is 156 Å². The number of aromatic amines is 1. The van der Waals surface area contributed by atoms with Crippen LogP contribution in [0.2, 0.25) is 0 Å². The van der Waals surface area contributed by atoms with Gasteiger partial charge < -0.3 is 5.32 Å². The third-order valence-corrected chi connectivity index (χ3v) is 5.54. The third kappa shape index (κ3) is 2.76. The Bertz CT molecular complexity index is 1100. The number of allylic oxidation sites excluding steroid dienone is 2. The first-order valence-electron chi connectivity index (χ1n) is 9.11. The number of carbonyl (C=O) groups excluding carboxylic acids is 1. The number of aromatic nitrogens is 2. The van der Waals surface area contributed by atoms with Gasteiger partial charge in [-0.1, -0.05) is 43.7 Å². The summed E-state index contributed by atoms with van der Waals surface area (Å²) >= 11 is 0. The number of hydrogen-bond acceptors (Lipinski definition) is 4. The maximum Gasteiger partial charge on any atom is 0.329 e. The Kier molecular flexibility index (Phi) is 3.77. The van der Waals surface area contributed by atoms with Crippen LogP contribution in [0.5, 0.6) is 0 Å². The molecule has 6 nitrogen and oxygen atoms in total. The number of ketones is 1. The van der Waals surface area contributed by atoms with Crippen LogP contribution >= 0.6 is 0 Å². The van der Waals surface area contributed by atoms with E-state index in [1.54, 1.807) is 7.05 Å². The van der Waals surface area contributed by atoms with Gasteiger partial charge >= 0.3 is 5.69 Å². The molecule has 2 N–H and O–H groups in total. The average Bonchev–Trinajstić information content (AvgIpc) is 2.57. The lowest BCUT2D eigenvalue weighted by molar-refractivity contribution is -0.118. The van der Waals surface area contributed by atoms with E-state index in [1.165, 1.54) is 4.57 Å². The van der Waals surface area contributed by atoms with Crippen molar-refractivity contribution in [1.29, 1.82) is 0 Å². The van der Waals surface area contributed by atoms with Crippen LogP contribution in [0.3, 0.4) is 0 Å². The summed E-state index contributed by atoms with van der Waals surface area (Å²) in [5.74, 6) is 0.0489. The van der Waals surface area contributed by atoms with Gasteiger partial charge in [0.25, 0.3) is 5.56 Å². The molecule has 0 amide bonds. The van der Waals surface area contributed by atoms with Gasteiger partial charge in [0, 0.05) is 30.7 Å². The lowest BCUT2D eigenvalue weighted by atomic mass is 9.69. The highest BCUT2D eigenvalue weighted by Crippen LogP contribution is 2.47. The van der Waals surface area contributed by atoms with Crippen molar-refractivity contribution in [1.82, 2.24) is 9.55 Å². The quantitative estimate of drug-likeness (QED) is 0.814. The molecule has 2 heterocycles. The minimum absolute atomic E-state index is 0.0539. The zero-order valence-electron chi connectivity index (χ0n) is 16.0. The van der Waals surface area contributed by atoms with Crippen molar-refractivity contribution in [2.24, 2.45) is 12.5 Å². The van der Waals surface area contributed by atoms with Crippen molar-refractivity contribution >= 4 is 11.6 Å². The standard InChI is InChI=1S/C21H23N3O3/c1-11-5-7-12(8-6-11)15-16-13(9-21(2,3)10-14(16)25)22-18-17(15)19(26)23-20(27)24(18)4/h5-8,15,22H,9-10H2,1-4H3,(H,23,26,27)/t15-/m1/s1. The molecule has 140 valence electrons. The Balaban J connectivity index is 2.04. The largest absolute Gasteiger partial charge is 0.344 e. The Morgan fingerprint density at radius 3 is 2.41 bits per heavy atom. The van der Waals surface area contributed by atoms with Crippen molar-refractivity contribution in [3.8, 4) is 0 Å². The molecule has 0 spiro atoms. The summed E-state index contributed by atoms with van der Waals surface area (Å²) in [5.41, 5.74) is 2.78. The van der Waals surface area contributed by atoms with E-state index in [-0.39, 0.29) is 11.2 Å². The molecule has 0 bridgehead atoms. The van der Waals surface area contributed by atoms with Crippen molar-refractivity contribution in [2.45, 2.75) is 39.5 Å². The van der Waals surface area contributed by atoms with Crippen molar-refractivity contribution in [2.75, 3.05) is 5.32 Å². The number of rotatable bonds is 1. The van der Waals surface area contributed by atoms with Gasteiger partial charge in [-0.2, -0.15) is 0 Å². The second-order valence-electron chi connectivity index (χ2n) is 8.38. The summed E-state index contributed by atoms with van der Waals surface area (Å²) in [6, 6.07) is 7.87. The molecule has 6 heteroatoms. The molecular formula is C21H23N3O3. The van der Waals surface area contributed by atoms with Crippen LogP contribution in [0.25, 0.3) is 0 Å². The molecule has 1 aliphatic carbocycles. The Morgan fingerprint density at radius 1 is 1.07 bits per heavy atom. The molecule has 2 aliphatic rings. The molecular weight excluding hydrogens is 342 g/mol. The number of carbonyl (C=O) groups is 1. The first-order valence-corrected chi connectivity index (χ1v) is 9.11. The van der Waals surface area contributed by atoms with Crippen molar-refractivity contribution in [3.63, 3.8) is 0 Å². The summed E-state index contributed by atoms with van der Waals surface area (Å²) in [6.45, 7) is 6.11. The number of aryl methyl sites for hydroxylation is 1. The molecule has 1 atom stereocenters. The molecule has 1 aromatic carbocycles. The fourth-order valence-corrected chi connectivity index (χ4v) is 4.22. The number of hydrogen-bond donors (Lipinski definition) is 2. The molecule has 1 aromatic heterocycles. The first-order chi connectivity index (χ1) is 12.7. The smallest absolute Gasteiger partial charge is 0.329 e. The Morgan fingerprint density at radius 2 is 1.74 bits per heavy atom.